The van der Waals surface area contributed by atoms with E-state index in [1.807, 2.05) is 30.5 Å². The molecule has 0 aliphatic carbocycles. The summed E-state index contributed by atoms with van der Waals surface area (Å²) in [4.78, 5) is 12.7. The zero-order valence-electron chi connectivity index (χ0n) is 12.2. The fraction of sp³-hybridized carbons (Fsp3) is 0.167. The van der Waals surface area contributed by atoms with Gasteiger partial charge in [-0.05, 0) is 42.1 Å². The molecule has 1 aromatic heterocycles. The van der Waals surface area contributed by atoms with E-state index in [0.717, 1.165) is 10.4 Å². The van der Waals surface area contributed by atoms with Crippen molar-refractivity contribution in [1.29, 1.82) is 0 Å². The molecule has 0 unspecified atom stereocenters. The number of terminal acetylenes is 1. The monoisotopic (exact) mass is 312 g/mol. The standard InChI is InChI=1S/C18H16O3S/c1-3-11-21-16-10-8-14(13-17(16)20-4-2)7-9-15(19)18-6-5-12-22-18/h1,5-10,12-13H,4,11H2,2H3/b9-7+. The highest BCUT2D eigenvalue weighted by Crippen LogP contribution is 2.29. The molecule has 4 heteroatoms. The van der Waals surface area contributed by atoms with Crippen LogP contribution in [-0.4, -0.2) is 19.0 Å². The smallest absolute Gasteiger partial charge is 0.195 e. The van der Waals surface area contributed by atoms with E-state index in [0.29, 0.717) is 18.1 Å². The zero-order valence-corrected chi connectivity index (χ0v) is 13.1. The Bertz CT molecular complexity index is 694. The van der Waals surface area contributed by atoms with Gasteiger partial charge in [-0.3, -0.25) is 4.79 Å². The van der Waals surface area contributed by atoms with E-state index in [1.54, 1.807) is 24.3 Å². The lowest BCUT2D eigenvalue weighted by Gasteiger charge is -2.10. The van der Waals surface area contributed by atoms with Crippen molar-refractivity contribution in [2.24, 2.45) is 0 Å². The van der Waals surface area contributed by atoms with E-state index >= 15 is 0 Å². The van der Waals surface area contributed by atoms with Crippen LogP contribution < -0.4 is 9.47 Å². The van der Waals surface area contributed by atoms with Crippen molar-refractivity contribution in [2.75, 3.05) is 13.2 Å². The van der Waals surface area contributed by atoms with Crippen LogP contribution in [-0.2, 0) is 0 Å². The van der Waals surface area contributed by atoms with E-state index in [9.17, 15) is 4.79 Å². The third-order valence-electron chi connectivity index (χ3n) is 2.77. The maximum absolute atomic E-state index is 11.9. The van der Waals surface area contributed by atoms with Gasteiger partial charge in [-0.1, -0.05) is 24.1 Å². The highest BCUT2D eigenvalue weighted by atomic mass is 32.1. The van der Waals surface area contributed by atoms with E-state index in [-0.39, 0.29) is 12.4 Å². The maximum Gasteiger partial charge on any atom is 0.195 e. The molecule has 0 spiro atoms. The number of benzene rings is 1. The van der Waals surface area contributed by atoms with Gasteiger partial charge in [-0.2, -0.15) is 0 Å². The van der Waals surface area contributed by atoms with Crippen molar-refractivity contribution in [3.05, 3.63) is 52.2 Å². The second-order valence-electron chi connectivity index (χ2n) is 4.31. The lowest BCUT2D eigenvalue weighted by Crippen LogP contribution is -1.99. The fourth-order valence-corrected chi connectivity index (χ4v) is 2.45. The average molecular weight is 312 g/mol. The molecule has 22 heavy (non-hydrogen) atoms. The van der Waals surface area contributed by atoms with Crippen molar-refractivity contribution in [1.82, 2.24) is 0 Å². The van der Waals surface area contributed by atoms with E-state index in [2.05, 4.69) is 5.92 Å². The largest absolute Gasteiger partial charge is 0.490 e. The van der Waals surface area contributed by atoms with Crippen LogP contribution >= 0.6 is 11.3 Å². The highest BCUT2D eigenvalue weighted by Gasteiger charge is 2.06. The van der Waals surface area contributed by atoms with Crippen molar-refractivity contribution >= 4 is 23.2 Å². The Hall–Kier alpha value is -2.51. The Kier molecular flexibility index (Phi) is 5.81. The quantitative estimate of drug-likeness (QED) is 0.439. The summed E-state index contributed by atoms with van der Waals surface area (Å²) in [5.41, 5.74) is 0.862. The fourth-order valence-electron chi connectivity index (χ4n) is 1.81. The Balaban J connectivity index is 2.16. The van der Waals surface area contributed by atoms with Gasteiger partial charge in [0, 0.05) is 0 Å². The SMILES string of the molecule is C#CCOc1ccc(/C=C/C(=O)c2cccs2)cc1OCC. The van der Waals surface area contributed by atoms with Gasteiger partial charge >= 0.3 is 0 Å². The van der Waals surface area contributed by atoms with Crippen molar-refractivity contribution in [3.63, 3.8) is 0 Å². The summed E-state index contributed by atoms with van der Waals surface area (Å²) in [5.74, 6) is 3.62. The molecule has 2 aromatic rings. The molecule has 0 fully saturated rings. The number of ketones is 1. The number of hydrogen-bond acceptors (Lipinski definition) is 4. The van der Waals surface area contributed by atoms with Gasteiger partial charge in [0.2, 0.25) is 0 Å². The van der Waals surface area contributed by atoms with Crippen molar-refractivity contribution in [2.45, 2.75) is 6.92 Å². The lowest BCUT2D eigenvalue weighted by molar-refractivity contribution is 0.105. The van der Waals surface area contributed by atoms with E-state index in [1.165, 1.54) is 11.3 Å². The second kappa shape index (κ2) is 8.06. The van der Waals surface area contributed by atoms with Gasteiger partial charge in [0.25, 0.3) is 0 Å². The summed E-state index contributed by atoms with van der Waals surface area (Å²) in [7, 11) is 0. The Morgan fingerprint density at radius 1 is 1.32 bits per heavy atom. The molecule has 0 radical (unpaired) electrons. The van der Waals surface area contributed by atoms with Crippen LogP contribution in [0.5, 0.6) is 11.5 Å². The molecule has 0 N–H and O–H groups in total. The summed E-state index contributed by atoms with van der Waals surface area (Å²) < 4.78 is 11.0. The van der Waals surface area contributed by atoms with Gasteiger partial charge in [0.15, 0.2) is 17.3 Å². The van der Waals surface area contributed by atoms with Crippen LogP contribution in [0.2, 0.25) is 0 Å². The number of carbonyl (C=O) groups excluding carboxylic acids is 1. The van der Waals surface area contributed by atoms with Gasteiger partial charge in [0.1, 0.15) is 6.61 Å². The first-order valence-corrected chi connectivity index (χ1v) is 7.71. The predicted molar refractivity (Wildman–Crippen MR) is 89.6 cm³/mol. The van der Waals surface area contributed by atoms with Crippen molar-refractivity contribution < 1.29 is 14.3 Å². The Morgan fingerprint density at radius 2 is 2.18 bits per heavy atom. The lowest BCUT2D eigenvalue weighted by atomic mass is 10.1. The minimum atomic E-state index is -0.0133. The summed E-state index contributed by atoms with van der Waals surface area (Å²) in [6.45, 7) is 2.60. The summed E-state index contributed by atoms with van der Waals surface area (Å²) in [6.07, 6.45) is 8.51. The topological polar surface area (TPSA) is 35.5 Å². The molecule has 1 aromatic carbocycles. The number of hydrogen-bond donors (Lipinski definition) is 0. The Morgan fingerprint density at radius 3 is 2.86 bits per heavy atom. The first kappa shape index (κ1) is 15.9. The van der Waals surface area contributed by atoms with E-state index in [4.69, 9.17) is 15.9 Å². The van der Waals surface area contributed by atoms with Crippen LogP contribution in [0, 0.1) is 12.3 Å². The van der Waals surface area contributed by atoms with Gasteiger partial charge in [-0.15, -0.1) is 17.8 Å². The molecule has 0 aliphatic rings. The normalized spacial score (nSPS) is 10.4. The molecular formula is C18H16O3S. The Labute approximate surface area is 134 Å². The molecule has 0 bridgehead atoms. The van der Waals surface area contributed by atoms with Crippen LogP contribution in [0.3, 0.4) is 0 Å². The van der Waals surface area contributed by atoms with Crippen LogP contribution in [0.4, 0.5) is 0 Å². The van der Waals surface area contributed by atoms with Gasteiger partial charge in [-0.25, -0.2) is 0 Å². The van der Waals surface area contributed by atoms with Gasteiger partial charge < -0.3 is 9.47 Å². The molecule has 0 saturated heterocycles. The van der Waals surface area contributed by atoms with Crippen molar-refractivity contribution in [3.8, 4) is 23.8 Å². The summed E-state index contributed by atoms with van der Waals surface area (Å²) in [6, 6.07) is 9.13. The number of allylic oxidation sites excluding steroid dienone is 1. The second-order valence-corrected chi connectivity index (χ2v) is 5.25. The number of ether oxygens (including phenoxy) is 2. The van der Waals surface area contributed by atoms with Crippen LogP contribution in [0.1, 0.15) is 22.2 Å². The number of carbonyl (C=O) groups is 1. The number of rotatable bonds is 7. The summed E-state index contributed by atoms with van der Waals surface area (Å²) >= 11 is 1.42. The first-order chi connectivity index (χ1) is 10.7. The zero-order chi connectivity index (χ0) is 15.8. The predicted octanol–water partition coefficient (Wildman–Crippen LogP) is 4.05. The third-order valence-corrected chi connectivity index (χ3v) is 3.65. The highest BCUT2D eigenvalue weighted by molar-refractivity contribution is 7.12. The minimum absolute atomic E-state index is 0.0133. The third kappa shape index (κ3) is 4.24. The molecule has 3 nitrogen and oxygen atoms in total. The van der Waals surface area contributed by atoms with Crippen LogP contribution in [0.15, 0.2) is 41.8 Å². The van der Waals surface area contributed by atoms with Crippen LogP contribution in [0.25, 0.3) is 6.08 Å². The van der Waals surface area contributed by atoms with E-state index < -0.39 is 0 Å². The number of thiophene rings is 1. The molecule has 0 amide bonds. The molecule has 2 rings (SSSR count). The summed E-state index contributed by atoms with van der Waals surface area (Å²) in [5, 5.41) is 1.88. The molecule has 0 saturated carbocycles. The maximum atomic E-state index is 11.9. The molecule has 0 aliphatic heterocycles. The minimum Gasteiger partial charge on any atom is -0.490 e. The average Bonchev–Trinajstić information content (AvgIpc) is 3.06. The first-order valence-electron chi connectivity index (χ1n) is 6.83. The molecule has 0 atom stereocenters. The van der Waals surface area contributed by atoms with Gasteiger partial charge in [0.05, 0.1) is 11.5 Å². The molecule has 112 valence electrons. The molecular weight excluding hydrogens is 296 g/mol. The molecule has 1 heterocycles.